The largest absolute Gasteiger partial charge is 0.416 e. The number of nitrogens with two attached hydrogens (primary N) is 1. The van der Waals surface area contributed by atoms with Crippen LogP contribution in [-0.4, -0.2) is 9.78 Å². The van der Waals surface area contributed by atoms with E-state index in [-0.39, 0.29) is 0 Å². The zero-order chi connectivity index (χ0) is 14.2. The maximum absolute atomic E-state index is 12.5. The fourth-order valence-corrected chi connectivity index (χ4v) is 2.01. The number of hydrogen-bond acceptors (Lipinski definition) is 2. The maximum Gasteiger partial charge on any atom is 0.416 e. The molecule has 0 aliphatic carbocycles. The predicted octanol–water partition coefficient (Wildman–Crippen LogP) is 2.97. The van der Waals surface area contributed by atoms with E-state index in [1.807, 2.05) is 13.8 Å². The van der Waals surface area contributed by atoms with Crippen LogP contribution < -0.4 is 5.73 Å². The Hall–Kier alpha value is -1.82. The highest BCUT2D eigenvalue weighted by molar-refractivity contribution is 5.39. The van der Waals surface area contributed by atoms with Crippen molar-refractivity contribution >= 4 is 0 Å². The minimum Gasteiger partial charge on any atom is -0.326 e. The Kier molecular flexibility index (Phi) is 3.36. The van der Waals surface area contributed by atoms with E-state index in [9.17, 15) is 13.2 Å². The van der Waals surface area contributed by atoms with Gasteiger partial charge in [0.05, 0.1) is 16.9 Å². The van der Waals surface area contributed by atoms with Crippen LogP contribution in [0.15, 0.2) is 24.3 Å². The molecular weight excluding hydrogens is 255 g/mol. The first-order valence-corrected chi connectivity index (χ1v) is 5.77. The summed E-state index contributed by atoms with van der Waals surface area (Å²) in [6, 6.07) is 4.91. The van der Waals surface area contributed by atoms with E-state index >= 15 is 0 Å². The van der Waals surface area contributed by atoms with Crippen molar-refractivity contribution in [2.45, 2.75) is 26.6 Å². The second-order valence-electron chi connectivity index (χ2n) is 4.31. The van der Waals surface area contributed by atoms with Crippen LogP contribution in [0.2, 0.25) is 0 Å². The van der Waals surface area contributed by atoms with Gasteiger partial charge >= 0.3 is 6.18 Å². The van der Waals surface area contributed by atoms with E-state index in [0.29, 0.717) is 12.2 Å². The third-order valence-electron chi connectivity index (χ3n) is 3.08. The summed E-state index contributed by atoms with van der Waals surface area (Å²) in [5.41, 5.74) is 8.10. The molecule has 2 N–H and O–H groups in total. The number of hydrogen-bond donors (Lipinski definition) is 1. The third-order valence-corrected chi connectivity index (χ3v) is 3.08. The van der Waals surface area contributed by atoms with Crippen molar-refractivity contribution in [1.82, 2.24) is 9.78 Å². The molecule has 3 nitrogen and oxygen atoms in total. The van der Waals surface area contributed by atoms with E-state index in [1.165, 1.54) is 12.1 Å². The lowest BCUT2D eigenvalue weighted by Gasteiger charge is -2.09. The molecule has 19 heavy (non-hydrogen) atoms. The van der Waals surface area contributed by atoms with Crippen LogP contribution in [0.25, 0.3) is 5.69 Å². The van der Waals surface area contributed by atoms with Gasteiger partial charge in [0, 0.05) is 17.8 Å². The van der Waals surface area contributed by atoms with Gasteiger partial charge in [-0.3, -0.25) is 0 Å². The average molecular weight is 269 g/mol. The van der Waals surface area contributed by atoms with Crippen molar-refractivity contribution in [3.05, 3.63) is 46.8 Å². The smallest absolute Gasteiger partial charge is 0.326 e. The quantitative estimate of drug-likeness (QED) is 0.910. The Morgan fingerprint density at radius 2 is 1.74 bits per heavy atom. The standard InChI is InChI=1S/C13H14F3N3/c1-8-12(7-17)9(2)19(18-8)11-5-3-10(4-6-11)13(14,15)16/h3-6H,7,17H2,1-2H3. The number of rotatable bonds is 2. The summed E-state index contributed by atoms with van der Waals surface area (Å²) in [4.78, 5) is 0. The first-order valence-electron chi connectivity index (χ1n) is 5.77. The summed E-state index contributed by atoms with van der Waals surface area (Å²) in [7, 11) is 0. The number of aryl methyl sites for hydroxylation is 1. The van der Waals surface area contributed by atoms with Crippen LogP contribution in [0, 0.1) is 13.8 Å². The van der Waals surface area contributed by atoms with Gasteiger partial charge in [0.1, 0.15) is 0 Å². The van der Waals surface area contributed by atoms with Crippen LogP contribution in [0.4, 0.5) is 13.2 Å². The molecule has 2 aromatic rings. The van der Waals surface area contributed by atoms with E-state index in [0.717, 1.165) is 29.1 Å². The molecule has 0 aliphatic heterocycles. The fraction of sp³-hybridized carbons (Fsp3) is 0.308. The molecule has 0 saturated carbocycles. The maximum atomic E-state index is 12.5. The molecule has 0 amide bonds. The lowest BCUT2D eigenvalue weighted by atomic mass is 10.2. The van der Waals surface area contributed by atoms with Crippen molar-refractivity contribution in [1.29, 1.82) is 0 Å². The van der Waals surface area contributed by atoms with Crippen LogP contribution in [0.3, 0.4) is 0 Å². The van der Waals surface area contributed by atoms with Gasteiger partial charge < -0.3 is 5.73 Å². The minimum atomic E-state index is -4.32. The van der Waals surface area contributed by atoms with Crippen molar-refractivity contribution in [2.75, 3.05) is 0 Å². The molecule has 0 fully saturated rings. The van der Waals surface area contributed by atoms with Crippen LogP contribution in [-0.2, 0) is 12.7 Å². The van der Waals surface area contributed by atoms with E-state index in [2.05, 4.69) is 5.10 Å². The van der Waals surface area contributed by atoms with Crippen molar-refractivity contribution in [3.8, 4) is 5.69 Å². The van der Waals surface area contributed by atoms with Crippen LogP contribution >= 0.6 is 0 Å². The Morgan fingerprint density at radius 3 is 2.16 bits per heavy atom. The highest BCUT2D eigenvalue weighted by Gasteiger charge is 2.30. The lowest BCUT2D eigenvalue weighted by Crippen LogP contribution is -2.06. The Morgan fingerprint density at radius 1 is 1.16 bits per heavy atom. The number of halogens is 3. The van der Waals surface area contributed by atoms with Gasteiger partial charge in [-0.15, -0.1) is 0 Å². The normalized spacial score (nSPS) is 11.9. The first kappa shape index (κ1) is 13.6. The Bertz CT molecular complexity index is 582. The number of benzene rings is 1. The van der Waals surface area contributed by atoms with Gasteiger partial charge in [0.2, 0.25) is 0 Å². The zero-order valence-electron chi connectivity index (χ0n) is 10.6. The molecule has 0 bridgehead atoms. The average Bonchev–Trinajstić information content (AvgIpc) is 2.63. The monoisotopic (exact) mass is 269 g/mol. The second kappa shape index (κ2) is 4.70. The molecule has 6 heteroatoms. The summed E-state index contributed by atoms with van der Waals surface area (Å²) >= 11 is 0. The molecule has 1 heterocycles. The van der Waals surface area contributed by atoms with Crippen LogP contribution in [0.5, 0.6) is 0 Å². The molecule has 102 valence electrons. The molecule has 1 aromatic carbocycles. The first-order chi connectivity index (χ1) is 8.84. The summed E-state index contributed by atoms with van der Waals surface area (Å²) < 4.78 is 39.1. The summed E-state index contributed by atoms with van der Waals surface area (Å²) in [5, 5.41) is 4.30. The van der Waals surface area contributed by atoms with E-state index in [1.54, 1.807) is 4.68 Å². The number of nitrogens with zero attached hydrogens (tertiary/aromatic N) is 2. The van der Waals surface area contributed by atoms with Gasteiger partial charge in [-0.25, -0.2) is 4.68 Å². The highest BCUT2D eigenvalue weighted by atomic mass is 19.4. The Labute approximate surface area is 108 Å². The number of alkyl halides is 3. The van der Waals surface area contributed by atoms with Gasteiger partial charge in [-0.2, -0.15) is 18.3 Å². The molecule has 0 atom stereocenters. The van der Waals surface area contributed by atoms with Gasteiger partial charge in [0.15, 0.2) is 0 Å². The fourth-order valence-electron chi connectivity index (χ4n) is 2.01. The topological polar surface area (TPSA) is 43.8 Å². The molecular formula is C13H14F3N3. The molecule has 2 rings (SSSR count). The summed E-state index contributed by atoms with van der Waals surface area (Å²) in [5.74, 6) is 0. The van der Waals surface area contributed by atoms with E-state index < -0.39 is 11.7 Å². The summed E-state index contributed by atoms with van der Waals surface area (Å²) in [6.45, 7) is 4.04. The number of aromatic nitrogens is 2. The minimum absolute atomic E-state index is 0.359. The molecule has 0 radical (unpaired) electrons. The van der Waals surface area contributed by atoms with Gasteiger partial charge in [-0.1, -0.05) is 0 Å². The van der Waals surface area contributed by atoms with Crippen molar-refractivity contribution < 1.29 is 13.2 Å². The Balaban J connectivity index is 2.43. The van der Waals surface area contributed by atoms with E-state index in [4.69, 9.17) is 5.73 Å². The van der Waals surface area contributed by atoms with Gasteiger partial charge in [-0.05, 0) is 38.1 Å². The predicted molar refractivity (Wildman–Crippen MR) is 65.9 cm³/mol. The molecule has 0 aliphatic rings. The lowest BCUT2D eigenvalue weighted by molar-refractivity contribution is -0.137. The third kappa shape index (κ3) is 2.49. The van der Waals surface area contributed by atoms with Gasteiger partial charge in [0.25, 0.3) is 0 Å². The zero-order valence-corrected chi connectivity index (χ0v) is 10.6. The molecule has 0 saturated heterocycles. The molecule has 1 aromatic heterocycles. The van der Waals surface area contributed by atoms with Crippen molar-refractivity contribution in [2.24, 2.45) is 5.73 Å². The molecule has 0 unspecified atom stereocenters. The highest BCUT2D eigenvalue weighted by Crippen LogP contribution is 2.29. The second-order valence-corrected chi connectivity index (χ2v) is 4.31. The van der Waals surface area contributed by atoms with Crippen molar-refractivity contribution in [3.63, 3.8) is 0 Å². The SMILES string of the molecule is Cc1nn(-c2ccc(C(F)(F)F)cc2)c(C)c1CN. The van der Waals surface area contributed by atoms with Crippen LogP contribution in [0.1, 0.15) is 22.5 Å². The molecule has 0 spiro atoms. The summed E-state index contributed by atoms with van der Waals surface area (Å²) in [6.07, 6.45) is -4.32.